The molecule has 4 heteroatoms. The topological polar surface area (TPSA) is 26.3 Å². The molecule has 0 heterocycles. The van der Waals surface area contributed by atoms with Gasteiger partial charge in [0.2, 0.25) is 0 Å². The van der Waals surface area contributed by atoms with Crippen LogP contribution in [0.15, 0.2) is 34.8 Å². The Morgan fingerprint density at radius 2 is 2.00 bits per heavy atom. The number of aldehydes is 1. The minimum absolute atomic E-state index is 0.193. The van der Waals surface area contributed by atoms with Gasteiger partial charge in [-0.25, -0.2) is 4.39 Å². The third-order valence-electron chi connectivity index (χ3n) is 3.14. The van der Waals surface area contributed by atoms with Gasteiger partial charge in [0.15, 0.2) is 17.9 Å². The monoisotopic (exact) mass is 336 g/mol. The number of carbonyl (C=O) groups is 1. The van der Waals surface area contributed by atoms with E-state index >= 15 is 0 Å². The Hall–Kier alpha value is -1.68. The van der Waals surface area contributed by atoms with Crippen molar-refractivity contribution in [3.05, 3.63) is 57.3 Å². The maximum Gasteiger partial charge on any atom is 0.168 e. The van der Waals surface area contributed by atoms with E-state index in [-0.39, 0.29) is 11.6 Å². The van der Waals surface area contributed by atoms with E-state index in [2.05, 4.69) is 15.9 Å². The number of aryl methyl sites for hydroxylation is 1. The summed E-state index contributed by atoms with van der Waals surface area (Å²) in [5.74, 6) is 0.373. The lowest BCUT2D eigenvalue weighted by molar-refractivity contribution is 0.112. The number of hydrogen-bond donors (Lipinski definition) is 0. The minimum atomic E-state index is -0.343. The van der Waals surface area contributed by atoms with Crippen LogP contribution < -0.4 is 4.74 Å². The Morgan fingerprint density at radius 1 is 1.25 bits per heavy atom. The van der Waals surface area contributed by atoms with Crippen LogP contribution in [-0.4, -0.2) is 6.29 Å². The van der Waals surface area contributed by atoms with Crippen molar-refractivity contribution in [2.45, 2.75) is 20.3 Å². The van der Waals surface area contributed by atoms with Crippen LogP contribution in [0, 0.1) is 12.7 Å². The van der Waals surface area contributed by atoms with Gasteiger partial charge in [0.25, 0.3) is 0 Å². The number of carbonyl (C=O) groups excluding carboxylic acids is 1. The fourth-order valence-corrected chi connectivity index (χ4v) is 2.34. The van der Waals surface area contributed by atoms with Gasteiger partial charge in [-0.05, 0) is 53.0 Å². The molecule has 20 heavy (non-hydrogen) atoms. The molecule has 0 radical (unpaired) electrons. The molecule has 0 bridgehead atoms. The van der Waals surface area contributed by atoms with Gasteiger partial charge in [-0.15, -0.1) is 0 Å². The summed E-state index contributed by atoms with van der Waals surface area (Å²) in [4.78, 5) is 10.9. The van der Waals surface area contributed by atoms with Crippen LogP contribution in [0.1, 0.15) is 28.4 Å². The molecule has 0 fully saturated rings. The van der Waals surface area contributed by atoms with E-state index in [0.29, 0.717) is 27.8 Å². The van der Waals surface area contributed by atoms with Gasteiger partial charge >= 0.3 is 0 Å². The van der Waals surface area contributed by atoms with Gasteiger partial charge in [0.05, 0.1) is 0 Å². The van der Waals surface area contributed by atoms with Crippen LogP contribution in [0.4, 0.5) is 4.39 Å². The quantitative estimate of drug-likeness (QED) is 0.729. The SMILES string of the molecule is CCc1cccc(Oc2ccc(C=O)c(Br)c2C)c1F. The number of ether oxygens (including phenoxy) is 1. The standard InChI is InChI=1S/C16H14BrFO2/c1-3-11-5-4-6-14(16(11)18)20-13-8-7-12(9-19)15(17)10(13)2/h4-9H,3H2,1-2H3. The fourth-order valence-electron chi connectivity index (χ4n) is 1.92. The van der Waals surface area contributed by atoms with Crippen molar-refractivity contribution >= 4 is 22.2 Å². The highest BCUT2D eigenvalue weighted by Gasteiger charge is 2.12. The second-order valence-electron chi connectivity index (χ2n) is 4.39. The van der Waals surface area contributed by atoms with Crippen molar-refractivity contribution < 1.29 is 13.9 Å². The Bertz CT molecular complexity index is 653. The largest absolute Gasteiger partial charge is 0.454 e. The van der Waals surface area contributed by atoms with Gasteiger partial charge in [-0.2, -0.15) is 0 Å². The van der Waals surface area contributed by atoms with Gasteiger partial charge in [0.1, 0.15) is 5.75 Å². The second kappa shape index (κ2) is 6.18. The van der Waals surface area contributed by atoms with E-state index in [1.54, 1.807) is 30.3 Å². The molecule has 0 unspecified atom stereocenters. The maximum absolute atomic E-state index is 14.1. The Morgan fingerprint density at radius 3 is 2.65 bits per heavy atom. The predicted octanol–water partition coefficient (Wildman–Crippen LogP) is 5.06. The zero-order chi connectivity index (χ0) is 14.7. The molecule has 0 aliphatic carbocycles. The summed E-state index contributed by atoms with van der Waals surface area (Å²) < 4.78 is 20.4. The van der Waals surface area contributed by atoms with E-state index in [0.717, 1.165) is 11.8 Å². The number of hydrogen-bond acceptors (Lipinski definition) is 2. The Balaban J connectivity index is 2.41. The average molecular weight is 337 g/mol. The first-order valence-electron chi connectivity index (χ1n) is 6.28. The van der Waals surface area contributed by atoms with Gasteiger partial charge in [-0.3, -0.25) is 4.79 Å². The summed E-state index contributed by atoms with van der Waals surface area (Å²) in [6, 6.07) is 8.40. The van der Waals surface area contributed by atoms with Crippen LogP contribution >= 0.6 is 15.9 Å². The third kappa shape index (κ3) is 2.75. The van der Waals surface area contributed by atoms with Gasteiger partial charge < -0.3 is 4.74 Å². The molecule has 0 atom stereocenters. The molecule has 0 spiro atoms. The number of rotatable bonds is 4. The van der Waals surface area contributed by atoms with Crippen LogP contribution in [0.2, 0.25) is 0 Å². The zero-order valence-corrected chi connectivity index (χ0v) is 12.8. The molecule has 2 rings (SSSR count). The number of halogens is 2. The number of benzene rings is 2. The van der Waals surface area contributed by atoms with Crippen molar-refractivity contribution in [2.75, 3.05) is 0 Å². The summed E-state index contributed by atoms with van der Waals surface area (Å²) >= 11 is 3.35. The third-order valence-corrected chi connectivity index (χ3v) is 4.19. The molecule has 104 valence electrons. The van der Waals surface area contributed by atoms with Crippen molar-refractivity contribution in [1.82, 2.24) is 0 Å². The lowest BCUT2D eigenvalue weighted by Gasteiger charge is -2.13. The normalized spacial score (nSPS) is 10.4. The molecular weight excluding hydrogens is 323 g/mol. The lowest BCUT2D eigenvalue weighted by Crippen LogP contribution is -1.96. The van der Waals surface area contributed by atoms with E-state index < -0.39 is 0 Å². The van der Waals surface area contributed by atoms with Crippen molar-refractivity contribution in [3.8, 4) is 11.5 Å². The second-order valence-corrected chi connectivity index (χ2v) is 5.19. The Kier molecular flexibility index (Phi) is 4.55. The summed E-state index contributed by atoms with van der Waals surface area (Å²) in [5.41, 5.74) is 1.91. The van der Waals surface area contributed by atoms with Gasteiger partial charge in [-0.1, -0.05) is 19.1 Å². The molecule has 0 amide bonds. The maximum atomic E-state index is 14.1. The van der Waals surface area contributed by atoms with Crippen molar-refractivity contribution in [3.63, 3.8) is 0 Å². The smallest absolute Gasteiger partial charge is 0.168 e. The highest BCUT2D eigenvalue weighted by Crippen LogP contribution is 2.33. The van der Waals surface area contributed by atoms with Crippen LogP contribution in [0.5, 0.6) is 11.5 Å². The fraction of sp³-hybridized carbons (Fsp3) is 0.188. The first kappa shape index (κ1) is 14.7. The molecule has 0 saturated heterocycles. The van der Waals surface area contributed by atoms with Crippen LogP contribution in [0.3, 0.4) is 0 Å². The molecule has 0 aliphatic rings. The zero-order valence-electron chi connectivity index (χ0n) is 11.2. The predicted molar refractivity (Wildman–Crippen MR) is 80.1 cm³/mol. The summed E-state index contributed by atoms with van der Waals surface area (Å²) in [7, 11) is 0. The highest BCUT2D eigenvalue weighted by molar-refractivity contribution is 9.10. The molecule has 2 aromatic rings. The van der Waals surface area contributed by atoms with Crippen molar-refractivity contribution in [1.29, 1.82) is 0 Å². The molecule has 0 N–H and O–H groups in total. The molecule has 0 aromatic heterocycles. The van der Waals surface area contributed by atoms with Crippen LogP contribution in [0.25, 0.3) is 0 Å². The van der Waals surface area contributed by atoms with Crippen molar-refractivity contribution in [2.24, 2.45) is 0 Å². The summed E-state index contributed by atoms with van der Waals surface area (Å²) in [5, 5.41) is 0. The van der Waals surface area contributed by atoms with Crippen LogP contribution in [-0.2, 0) is 6.42 Å². The summed E-state index contributed by atoms with van der Waals surface area (Å²) in [6.07, 6.45) is 1.37. The van der Waals surface area contributed by atoms with E-state index in [9.17, 15) is 9.18 Å². The van der Waals surface area contributed by atoms with E-state index in [1.807, 2.05) is 13.8 Å². The lowest BCUT2D eigenvalue weighted by atomic mass is 10.1. The molecule has 2 aromatic carbocycles. The first-order chi connectivity index (χ1) is 9.58. The highest BCUT2D eigenvalue weighted by atomic mass is 79.9. The van der Waals surface area contributed by atoms with E-state index in [4.69, 9.17) is 4.74 Å². The Labute approximate surface area is 125 Å². The first-order valence-corrected chi connectivity index (χ1v) is 7.07. The average Bonchev–Trinajstić information content (AvgIpc) is 2.46. The molecule has 0 aliphatic heterocycles. The summed E-state index contributed by atoms with van der Waals surface area (Å²) in [6.45, 7) is 3.71. The molecular formula is C16H14BrFO2. The minimum Gasteiger partial charge on any atom is -0.454 e. The van der Waals surface area contributed by atoms with Gasteiger partial charge in [0, 0.05) is 15.6 Å². The van der Waals surface area contributed by atoms with E-state index in [1.165, 1.54) is 0 Å². The molecule has 0 saturated carbocycles. The molecule has 2 nitrogen and oxygen atoms in total.